The fraction of sp³-hybridized carbons (Fsp3) is 0.462. The van der Waals surface area contributed by atoms with Crippen LogP contribution < -0.4 is 11.1 Å². The molecular weight excluding hydrogens is 246 g/mol. The summed E-state index contributed by atoms with van der Waals surface area (Å²) in [6, 6.07) is 4.07. The van der Waals surface area contributed by atoms with Gasteiger partial charge in [-0.2, -0.15) is 0 Å². The quantitative estimate of drug-likeness (QED) is 0.497. The molecule has 0 saturated heterocycles. The molecule has 6 heteroatoms. The van der Waals surface area contributed by atoms with Crippen molar-refractivity contribution in [2.24, 2.45) is 5.92 Å². The third-order valence-electron chi connectivity index (χ3n) is 3.48. The van der Waals surface area contributed by atoms with E-state index in [1.54, 1.807) is 0 Å². The van der Waals surface area contributed by atoms with Crippen LogP contribution in [0.1, 0.15) is 32.1 Å². The van der Waals surface area contributed by atoms with Crippen molar-refractivity contribution < 1.29 is 9.72 Å². The van der Waals surface area contributed by atoms with Crippen LogP contribution in [0.4, 0.5) is 17.1 Å². The van der Waals surface area contributed by atoms with Gasteiger partial charge in [-0.05, 0) is 18.9 Å². The van der Waals surface area contributed by atoms with Gasteiger partial charge in [-0.1, -0.05) is 19.3 Å². The van der Waals surface area contributed by atoms with Crippen molar-refractivity contribution in [3.63, 3.8) is 0 Å². The Labute approximate surface area is 111 Å². The van der Waals surface area contributed by atoms with Crippen LogP contribution in [-0.2, 0) is 4.79 Å². The molecular formula is C13H17N3O3. The zero-order valence-corrected chi connectivity index (χ0v) is 10.6. The van der Waals surface area contributed by atoms with Crippen LogP contribution in [0.3, 0.4) is 0 Å². The van der Waals surface area contributed by atoms with Crippen molar-refractivity contribution in [3.05, 3.63) is 28.3 Å². The topological polar surface area (TPSA) is 98.3 Å². The molecule has 0 aromatic heterocycles. The molecule has 1 aliphatic rings. The first-order valence-corrected chi connectivity index (χ1v) is 6.42. The van der Waals surface area contributed by atoms with Gasteiger partial charge in [0.25, 0.3) is 5.69 Å². The lowest BCUT2D eigenvalue weighted by Gasteiger charge is -2.21. The zero-order valence-electron chi connectivity index (χ0n) is 10.6. The van der Waals surface area contributed by atoms with Gasteiger partial charge in [0.2, 0.25) is 5.91 Å². The largest absolute Gasteiger partial charge is 0.397 e. The molecule has 102 valence electrons. The lowest BCUT2D eigenvalue weighted by molar-refractivity contribution is -0.384. The number of anilines is 2. The Balaban J connectivity index is 2.11. The molecule has 19 heavy (non-hydrogen) atoms. The second-order valence-electron chi connectivity index (χ2n) is 4.85. The Morgan fingerprint density at radius 3 is 2.63 bits per heavy atom. The van der Waals surface area contributed by atoms with Crippen molar-refractivity contribution in [3.8, 4) is 0 Å². The molecule has 1 fully saturated rings. The molecule has 0 aliphatic heterocycles. The first-order chi connectivity index (χ1) is 9.08. The Morgan fingerprint density at radius 1 is 1.32 bits per heavy atom. The molecule has 1 aromatic rings. The Bertz CT molecular complexity index is 496. The van der Waals surface area contributed by atoms with Crippen molar-refractivity contribution in [1.82, 2.24) is 0 Å². The number of rotatable bonds is 3. The van der Waals surface area contributed by atoms with E-state index < -0.39 is 4.92 Å². The van der Waals surface area contributed by atoms with Crippen LogP contribution >= 0.6 is 0 Å². The number of carbonyl (C=O) groups excluding carboxylic acids is 1. The van der Waals surface area contributed by atoms with Gasteiger partial charge in [-0.15, -0.1) is 0 Å². The highest BCUT2D eigenvalue weighted by Crippen LogP contribution is 2.28. The first kappa shape index (κ1) is 13.3. The lowest BCUT2D eigenvalue weighted by atomic mass is 9.88. The van der Waals surface area contributed by atoms with E-state index in [9.17, 15) is 14.9 Å². The number of nitrogens with one attached hydrogen (secondary N) is 1. The van der Waals surface area contributed by atoms with E-state index in [0.717, 1.165) is 25.7 Å². The van der Waals surface area contributed by atoms with E-state index in [4.69, 9.17) is 5.73 Å². The van der Waals surface area contributed by atoms with Crippen LogP contribution in [-0.4, -0.2) is 10.8 Å². The molecule has 1 aliphatic carbocycles. The molecule has 1 saturated carbocycles. The van der Waals surface area contributed by atoms with Crippen LogP contribution in [0.2, 0.25) is 0 Å². The summed E-state index contributed by atoms with van der Waals surface area (Å²) in [5.41, 5.74) is 6.32. The average Bonchev–Trinajstić information content (AvgIpc) is 2.42. The van der Waals surface area contributed by atoms with Crippen LogP contribution in [0.5, 0.6) is 0 Å². The van der Waals surface area contributed by atoms with Crippen molar-refractivity contribution in [2.45, 2.75) is 32.1 Å². The second-order valence-corrected chi connectivity index (χ2v) is 4.85. The maximum absolute atomic E-state index is 12.1. The van der Waals surface area contributed by atoms with Crippen LogP contribution in [0, 0.1) is 16.0 Å². The molecule has 0 bridgehead atoms. The van der Waals surface area contributed by atoms with Gasteiger partial charge < -0.3 is 11.1 Å². The molecule has 3 N–H and O–H groups in total. The summed E-state index contributed by atoms with van der Waals surface area (Å²) < 4.78 is 0. The number of nitro benzene ring substituents is 1. The van der Waals surface area contributed by atoms with Crippen LogP contribution in [0.25, 0.3) is 0 Å². The highest BCUT2D eigenvalue weighted by Gasteiger charge is 2.22. The summed E-state index contributed by atoms with van der Waals surface area (Å²) in [6.45, 7) is 0. The Morgan fingerprint density at radius 2 is 2.00 bits per heavy atom. The number of hydrogen-bond acceptors (Lipinski definition) is 4. The van der Waals surface area contributed by atoms with Gasteiger partial charge in [-0.3, -0.25) is 14.9 Å². The van der Waals surface area contributed by atoms with E-state index in [0.29, 0.717) is 11.4 Å². The minimum absolute atomic E-state index is 0.00703. The van der Waals surface area contributed by atoms with Gasteiger partial charge in [-0.25, -0.2) is 0 Å². The average molecular weight is 263 g/mol. The van der Waals surface area contributed by atoms with Crippen molar-refractivity contribution >= 4 is 23.0 Å². The van der Waals surface area contributed by atoms with Crippen LogP contribution in [0.15, 0.2) is 18.2 Å². The third kappa shape index (κ3) is 3.21. The highest BCUT2D eigenvalue weighted by atomic mass is 16.6. The van der Waals surface area contributed by atoms with E-state index in [1.165, 1.54) is 24.6 Å². The van der Waals surface area contributed by atoms with Gasteiger partial charge in [0, 0.05) is 18.1 Å². The number of nitrogens with two attached hydrogens (primary N) is 1. The van der Waals surface area contributed by atoms with Gasteiger partial charge in [0.05, 0.1) is 16.3 Å². The van der Waals surface area contributed by atoms with E-state index in [1.807, 2.05) is 0 Å². The maximum atomic E-state index is 12.1. The molecule has 0 radical (unpaired) electrons. The van der Waals surface area contributed by atoms with Gasteiger partial charge in [0.15, 0.2) is 0 Å². The van der Waals surface area contributed by atoms with E-state index >= 15 is 0 Å². The third-order valence-corrected chi connectivity index (χ3v) is 3.48. The summed E-state index contributed by atoms with van der Waals surface area (Å²) in [4.78, 5) is 22.3. The second kappa shape index (κ2) is 5.69. The van der Waals surface area contributed by atoms with Crippen molar-refractivity contribution in [2.75, 3.05) is 11.1 Å². The molecule has 0 heterocycles. The van der Waals surface area contributed by atoms with Crippen molar-refractivity contribution in [1.29, 1.82) is 0 Å². The molecule has 0 unspecified atom stereocenters. The molecule has 1 amide bonds. The number of non-ortho nitro benzene ring substituents is 1. The Kier molecular flexibility index (Phi) is 3.99. The molecule has 1 aromatic carbocycles. The first-order valence-electron chi connectivity index (χ1n) is 6.42. The fourth-order valence-electron chi connectivity index (χ4n) is 2.37. The van der Waals surface area contributed by atoms with Gasteiger partial charge >= 0.3 is 0 Å². The van der Waals surface area contributed by atoms with E-state index in [2.05, 4.69) is 5.32 Å². The summed E-state index contributed by atoms with van der Waals surface area (Å²) >= 11 is 0. The molecule has 0 atom stereocenters. The maximum Gasteiger partial charge on any atom is 0.271 e. The standard InChI is InChI=1S/C13H17N3O3/c14-11-7-6-10(16(18)19)8-12(11)15-13(17)9-4-2-1-3-5-9/h6-9H,1-5,14H2,(H,15,17). The minimum atomic E-state index is -0.504. The number of benzene rings is 1. The number of hydrogen-bond donors (Lipinski definition) is 2. The molecule has 6 nitrogen and oxygen atoms in total. The highest BCUT2D eigenvalue weighted by molar-refractivity contribution is 5.95. The number of nitrogen functional groups attached to an aromatic ring is 1. The summed E-state index contributed by atoms with van der Waals surface area (Å²) in [7, 11) is 0. The Hall–Kier alpha value is -2.11. The monoisotopic (exact) mass is 263 g/mol. The predicted octanol–water partition coefficient (Wildman–Crippen LogP) is 2.70. The predicted molar refractivity (Wildman–Crippen MR) is 72.7 cm³/mol. The lowest BCUT2D eigenvalue weighted by Crippen LogP contribution is -2.25. The molecule has 0 spiro atoms. The SMILES string of the molecule is Nc1ccc([N+](=O)[O-])cc1NC(=O)C1CCCCC1. The summed E-state index contributed by atoms with van der Waals surface area (Å²) in [6.07, 6.45) is 5.04. The number of nitro groups is 1. The number of amides is 1. The number of nitrogens with zero attached hydrogens (tertiary/aromatic N) is 1. The number of carbonyl (C=O) groups is 1. The van der Waals surface area contributed by atoms with Gasteiger partial charge in [0.1, 0.15) is 0 Å². The normalized spacial score (nSPS) is 16.0. The molecule has 2 rings (SSSR count). The smallest absolute Gasteiger partial charge is 0.271 e. The minimum Gasteiger partial charge on any atom is -0.397 e. The summed E-state index contributed by atoms with van der Waals surface area (Å²) in [5.74, 6) is -0.0979. The van der Waals surface area contributed by atoms with E-state index in [-0.39, 0.29) is 17.5 Å². The fourth-order valence-corrected chi connectivity index (χ4v) is 2.37. The summed E-state index contributed by atoms with van der Waals surface area (Å²) in [5, 5.41) is 13.4. The zero-order chi connectivity index (χ0) is 13.8.